The molecular weight excluding hydrogens is 530 g/mol. The van der Waals surface area contributed by atoms with Crippen LogP contribution in [-0.4, -0.2) is 58.3 Å². The average molecular weight is 577 g/mol. The first-order valence-electron chi connectivity index (χ1n) is 16.2. The monoisotopic (exact) mass is 576 g/mol. The smallest absolute Gasteiger partial charge is 0.164 e. The summed E-state index contributed by atoms with van der Waals surface area (Å²) in [6.45, 7) is 17.4. The van der Waals surface area contributed by atoms with Gasteiger partial charge in [-0.05, 0) is 81.4 Å². The lowest BCUT2D eigenvalue weighted by atomic mass is 9.86. The van der Waals surface area contributed by atoms with Crippen molar-refractivity contribution < 1.29 is 8.78 Å². The SMILES string of the molecule is C=C1CCN(c2nn(C)c3c(F)c(C4CCN(C5CC6CN(C(=C)C7CCCCC7)CC6C5)CC4)c(F)cc23)C(=C)N1. The second-order valence-electron chi connectivity index (χ2n) is 13.7. The van der Waals surface area contributed by atoms with Crippen LogP contribution in [0.5, 0.6) is 0 Å². The van der Waals surface area contributed by atoms with E-state index in [0.717, 1.165) is 49.9 Å². The zero-order valence-corrected chi connectivity index (χ0v) is 25.2. The quantitative estimate of drug-likeness (QED) is 0.433. The molecule has 2 atom stereocenters. The van der Waals surface area contributed by atoms with Crippen LogP contribution in [0.4, 0.5) is 14.6 Å². The van der Waals surface area contributed by atoms with Gasteiger partial charge in [-0.25, -0.2) is 8.78 Å². The number of nitrogens with one attached hydrogen (secondary N) is 1. The molecule has 8 heteroatoms. The number of fused-ring (bicyclic) bond motifs is 2. The number of likely N-dealkylation sites (tertiary alicyclic amines) is 2. The highest BCUT2D eigenvalue weighted by Gasteiger charge is 2.44. The van der Waals surface area contributed by atoms with Crippen molar-refractivity contribution in [1.29, 1.82) is 0 Å². The van der Waals surface area contributed by atoms with E-state index in [1.165, 1.54) is 69.8 Å². The third kappa shape index (κ3) is 4.83. The number of nitrogens with zero attached hydrogens (tertiary/aromatic N) is 5. The standard InChI is InChI=1S/C34H46F2N6/c1-21-10-15-42(23(3)37-21)34-29-18-30(35)31(32(36)33(29)39(4)38-34)25-11-13-40(14-12-25)28-16-26-19-41(20-27(26)17-28)22(2)24-8-6-5-7-9-24/h18,24-28,37H,1-3,5-17,19-20H2,4H3. The summed E-state index contributed by atoms with van der Waals surface area (Å²) in [5.74, 6) is 2.34. The fourth-order valence-corrected chi connectivity index (χ4v) is 8.93. The number of hydrogen-bond donors (Lipinski definition) is 1. The lowest BCUT2D eigenvalue weighted by molar-refractivity contribution is 0.142. The summed E-state index contributed by atoms with van der Waals surface area (Å²) in [4.78, 5) is 7.12. The van der Waals surface area contributed by atoms with Crippen molar-refractivity contribution >= 4 is 16.7 Å². The van der Waals surface area contributed by atoms with Crippen LogP contribution in [0.3, 0.4) is 0 Å². The molecule has 7 rings (SSSR count). The van der Waals surface area contributed by atoms with E-state index in [1.807, 2.05) is 4.90 Å². The van der Waals surface area contributed by atoms with Crippen molar-refractivity contribution in [2.24, 2.45) is 24.8 Å². The Morgan fingerprint density at radius 1 is 0.976 bits per heavy atom. The van der Waals surface area contributed by atoms with Crippen molar-refractivity contribution in [2.75, 3.05) is 37.6 Å². The summed E-state index contributed by atoms with van der Waals surface area (Å²) >= 11 is 0. The molecule has 1 aromatic carbocycles. The minimum Gasteiger partial charge on any atom is -0.374 e. The van der Waals surface area contributed by atoms with Crippen molar-refractivity contribution in [3.63, 3.8) is 0 Å². The topological polar surface area (TPSA) is 39.6 Å². The van der Waals surface area contributed by atoms with E-state index in [9.17, 15) is 0 Å². The average Bonchev–Trinajstić information content (AvgIpc) is 3.65. The fraction of sp³-hybridized carbons (Fsp3) is 0.618. The molecule has 0 radical (unpaired) electrons. The first kappa shape index (κ1) is 27.9. The Morgan fingerprint density at radius 2 is 1.67 bits per heavy atom. The third-order valence-corrected chi connectivity index (χ3v) is 11.2. The molecule has 3 aliphatic heterocycles. The molecule has 6 nitrogen and oxygen atoms in total. The summed E-state index contributed by atoms with van der Waals surface area (Å²) in [6.07, 6.45) is 11.5. The van der Waals surface area contributed by atoms with Crippen LogP contribution in [0.2, 0.25) is 0 Å². The van der Waals surface area contributed by atoms with Crippen LogP contribution in [-0.2, 0) is 7.05 Å². The van der Waals surface area contributed by atoms with Crippen molar-refractivity contribution in [1.82, 2.24) is 24.9 Å². The van der Waals surface area contributed by atoms with Crippen LogP contribution in [0.15, 0.2) is 43.0 Å². The van der Waals surface area contributed by atoms with E-state index in [1.54, 1.807) is 11.7 Å². The van der Waals surface area contributed by atoms with Crippen LogP contribution in [0.25, 0.3) is 10.9 Å². The second kappa shape index (κ2) is 11.0. The minimum absolute atomic E-state index is 0.117. The van der Waals surface area contributed by atoms with E-state index < -0.39 is 11.6 Å². The molecule has 5 aliphatic rings. The van der Waals surface area contributed by atoms with Gasteiger partial charge in [-0.3, -0.25) is 4.68 Å². The molecule has 2 saturated carbocycles. The molecule has 226 valence electrons. The molecule has 2 unspecified atom stereocenters. The van der Waals surface area contributed by atoms with Crippen molar-refractivity contribution in [3.05, 3.63) is 60.2 Å². The van der Waals surface area contributed by atoms with Crippen molar-refractivity contribution in [2.45, 2.75) is 76.2 Å². The lowest BCUT2D eigenvalue weighted by Crippen LogP contribution is -2.41. The van der Waals surface area contributed by atoms with E-state index in [2.05, 4.69) is 40.0 Å². The highest BCUT2D eigenvalue weighted by Crippen LogP contribution is 2.45. The van der Waals surface area contributed by atoms with Crippen LogP contribution >= 0.6 is 0 Å². The minimum atomic E-state index is -0.460. The van der Waals surface area contributed by atoms with Gasteiger partial charge in [0.25, 0.3) is 0 Å². The third-order valence-electron chi connectivity index (χ3n) is 11.2. The Morgan fingerprint density at radius 3 is 2.33 bits per heavy atom. The Hall–Kier alpha value is -2.87. The molecule has 1 aromatic heterocycles. The molecule has 5 fully saturated rings. The summed E-state index contributed by atoms with van der Waals surface area (Å²) < 4.78 is 33.4. The molecule has 0 spiro atoms. The van der Waals surface area contributed by atoms with Gasteiger partial charge in [0.15, 0.2) is 11.6 Å². The Balaban J connectivity index is 1.00. The van der Waals surface area contributed by atoms with Gasteiger partial charge in [0, 0.05) is 56.1 Å². The number of aromatic nitrogens is 2. The normalized spacial score (nSPS) is 28.1. The molecule has 2 aromatic rings. The van der Waals surface area contributed by atoms with Gasteiger partial charge >= 0.3 is 0 Å². The molecule has 3 saturated heterocycles. The number of allylic oxidation sites excluding steroid dienone is 1. The Labute approximate surface area is 249 Å². The first-order valence-corrected chi connectivity index (χ1v) is 16.2. The number of hydrogen-bond acceptors (Lipinski definition) is 5. The number of piperidine rings is 1. The van der Waals surface area contributed by atoms with Gasteiger partial charge in [-0.1, -0.05) is 39.0 Å². The maximum Gasteiger partial charge on any atom is 0.164 e. The highest BCUT2D eigenvalue weighted by molar-refractivity contribution is 5.92. The van der Waals surface area contributed by atoms with Crippen LogP contribution in [0.1, 0.15) is 75.7 Å². The number of benzene rings is 1. The summed E-state index contributed by atoms with van der Waals surface area (Å²) in [6, 6.07) is 2.09. The number of aryl methyl sites for hydroxylation is 1. The number of rotatable bonds is 5. The van der Waals surface area contributed by atoms with Gasteiger partial charge in [0.05, 0.1) is 5.39 Å². The maximum atomic E-state index is 16.1. The van der Waals surface area contributed by atoms with Crippen LogP contribution < -0.4 is 10.2 Å². The second-order valence-corrected chi connectivity index (χ2v) is 13.7. The Bertz CT molecular complexity index is 1380. The van der Waals surface area contributed by atoms with E-state index >= 15 is 8.78 Å². The molecule has 0 amide bonds. The first-order chi connectivity index (χ1) is 20.3. The summed E-state index contributed by atoms with van der Waals surface area (Å²) in [5, 5.41) is 8.23. The number of halogens is 2. The van der Waals surface area contributed by atoms with Gasteiger partial charge in [-0.2, -0.15) is 5.10 Å². The predicted octanol–water partition coefficient (Wildman–Crippen LogP) is 6.62. The zero-order chi connectivity index (χ0) is 29.1. The maximum absolute atomic E-state index is 16.1. The molecule has 4 heterocycles. The van der Waals surface area contributed by atoms with Gasteiger partial charge in [-0.15, -0.1) is 0 Å². The zero-order valence-electron chi connectivity index (χ0n) is 25.2. The van der Waals surface area contributed by atoms with E-state index in [-0.39, 0.29) is 11.5 Å². The molecule has 2 aliphatic carbocycles. The fourth-order valence-electron chi connectivity index (χ4n) is 8.93. The summed E-state index contributed by atoms with van der Waals surface area (Å²) in [7, 11) is 1.74. The lowest BCUT2D eigenvalue weighted by Gasteiger charge is -2.37. The van der Waals surface area contributed by atoms with E-state index in [4.69, 9.17) is 0 Å². The summed E-state index contributed by atoms with van der Waals surface area (Å²) in [5.41, 5.74) is 2.89. The molecular formula is C34H46F2N6. The molecule has 0 bridgehead atoms. The van der Waals surface area contributed by atoms with Crippen LogP contribution in [0, 0.1) is 29.4 Å². The predicted molar refractivity (Wildman–Crippen MR) is 165 cm³/mol. The molecule has 42 heavy (non-hydrogen) atoms. The van der Waals surface area contributed by atoms with E-state index in [0.29, 0.717) is 41.0 Å². The van der Waals surface area contributed by atoms with Gasteiger partial charge < -0.3 is 20.0 Å². The molecule has 1 N–H and O–H groups in total. The van der Waals surface area contributed by atoms with Crippen molar-refractivity contribution in [3.8, 4) is 0 Å². The largest absolute Gasteiger partial charge is 0.374 e. The van der Waals surface area contributed by atoms with Gasteiger partial charge in [0.2, 0.25) is 0 Å². The highest BCUT2D eigenvalue weighted by atomic mass is 19.1. The van der Waals surface area contributed by atoms with Gasteiger partial charge in [0.1, 0.15) is 17.2 Å². The number of anilines is 1. The Kier molecular flexibility index (Phi) is 7.32.